The van der Waals surface area contributed by atoms with Crippen LogP contribution in [0.5, 0.6) is 0 Å². The molecule has 0 atom stereocenters. The van der Waals surface area contributed by atoms with Crippen molar-refractivity contribution in [3.05, 3.63) is 92.1 Å². The molecule has 0 aliphatic rings. The van der Waals surface area contributed by atoms with E-state index in [4.69, 9.17) is 27.9 Å². The molecule has 0 spiro atoms. The van der Waals surface area contributed by atoms with Gasteiger partial charge in [-0.3, -0.25) is 14.6 Å². The maximum atomic E-state index is 13.3. The van der Waals surface area contributed by atoms with Gasteiger partial charge < -0.3 is 9.64 Å². The van der Waals surface area contributed by atoms with Crippen molar-refractivity contribution in [2.75, 3.05) is 13.7 Å². The number of hydrogen-bond donors (Lipinski definition) is 0. The molecule has 0 bridgehead atoms. The summed E-state index contributed by atoms with van der Waals surface area (Å²) in [7, 11) is 1.53. The van der Waals surface area contributed by atoms with Gasteiger partial charge in [0.2, 0.25) is 0 Å². The fourth-order valence-electron chi connectivity index (χ4n) is 2.81. The fourth-order valence-corrected chi connectivity index (χ4v) is 3.13. The van der Waals surface area contributed by atoms with Crippen molar-refractivity contribution in [2.24, 2.45) is 0 Å². The predicted octanol–water partition coefficient (Wildman–Crippen LogP) is 3.43. The number of pyridine rings is 1. The van der Waals surface area contributed by atoms with Gasteiger partial charge in [0.25, 0.3) is 11.5 Å². The van der Waals surface area contributed by atoms with Crippen molar-refractivity contribution in [3.63, 3.8) is 0 Å². The van der Waals surface area contributed by atoms with Crippen LogP contribution in [-0.4, -0.2) is 39.3 Å². The van der Waals surface area contributed by atoms with Crippen LogP contribution in [0.15, 0.2) is 59.5 Å². The Morgan fingerprint density at radius 3 is 2.63 bits per heavy atom. The molecule has 0 radical (unpaired) electrons. The first kappa shape index (κ1) is 22.0. The zero-order chi connectivity index (χ0) is 21.5. The van der Waals surface area contributed by atoms with E-state index in [2.05, 4.69) is 10.1 Å². The van der Waals surface area contributed by atoms with Gasteiger partial charge in [-0.15, -0.1) is 0 Å². The highest BCUT2D eigenvalue weighted by molar-refractivity contribution is 6.42. The summed E-state index contributed by atoms with van der Waals surface area (Å²) >= 11 is 12.1. The summed E-state index contributed by atoms with van der Waals surface area (Å²) in [4.78, 5) is 31.2. The summed E-state index contributed by atoms with van der Waals surface area (Å²) < 4.78 is 6.22. The standard InChI is InChI=1S/C21H20Cl2N4O3/c1-30-11-10-27-20(28)8-7-19(25-27)21(29)26(14-16-4-2-3-9-24-16)13-15-5-6-17(22)18(23)12-15/h2-9,12H,10-11,13-14H2,1H3. The highest BCUT2D eigenvalue weighted by Crippen LogP contribution is 2.24. The van der Waals surface area contributed by atoms with Crippen LogP contribution in [0.3, 0.4) is 0 Å². The third-order valence-corrected chi connectivity index (χ3v) is 5.06. The van der Waals surface area contributed by atoms with Gasteiger partial charge in [0.15, 0.2) is 0 Å². The second-order valence-corrected chi connectivity index (χ2v) is 7.32. The maximum Gasteiger partial charge on any atom is 0.274 e. The number of carbonyl (C=O) groups is 1. The molecule has 0 saturated heterocycles. The van der Waals surface area contributed by atoms with Crippen LogP contribution in [0.4, 0.5) is 0 Å². The van der Waals surface area contributed by atoms with Crippen LogP contribution >= 0.6 is 23.2 Å². The van der Waals surface area contributed by atoms with Crippen LogP contribution in [0.25, 0.3) is 0 Å². The molecule has 9 heteroatoms. The second kappa shape index (κ2) is 10.3. The predicted molar refractivity (Wildman–Crippen MR) is 115 cm³/mol. The molecular weight excluding hydrogens is 427 g/mol. The van der Waals surface area contributed by atoms with Crippen molar-refractivity contribution in [2.45, 2.75) is 19.6 Å². The smallest absolute Gasteiger partial charge is 0.274 e. The summed E-state index contributed by atoms with van der Waals surface area (Å²) in [6.07, 6.45) is 1.67. The minimum atomic E-state index is -0.335. The molecule has 1 amide bonds. The lowest BCUT2D eigenvalue weighted by atomic mass is 10.2. The number of amides is 1. The number of halogens is 2. The first-order valence-corrected chi connectivity index (χ1v) is 9.93. The third-order valence-electron chi connectivity index (χ3n) is 4.32. The van der Waals surface area contributed by atoms with E-state index in [1.807, 2.05) is 18.2 Å². The molecule has 0 saturated carbocycles. The molecule has 0 aliphatic carbocycles. The number of ether oxygens (including phenoxy) is 1. The van der Waals surface area contributed by atoms with E-state index in [1.165, 1.54) is 23.9 Å². The summed E-state index contributed by atoms with van der Waals surface area (Å²) in [6.45, 7) is 1.10. The van der Waals surface area contributed by atoms with E-state index in [-0.39, 0.29) is 36.8 Å². The number of methoxy groups -OCH3 is 1. The van der Waals surface area contributed by atoms with Gasteiger partial charge in [0, 0.05) is 25.9 Å². The number of aromatic nitrogens is 3. The molecule has 0 N–H and O–H groups in total. The summed E-state index contributed by atoms with van der Waals surface area (Å²) in [5, 5.41) is 5.06. The number of hydrogen-bond acceptors (Lipinski definition) is 5. The molecule has 0 aliphatic heterocycles. The zero-order valence-corrected chi connectivity index (χ0v) is 17.8. The first-order chi connectivity index (χ1) is 14.5. The number of carbonyl (C=O) groups excluding carboxylic acids is 1. The van der Waals surface area contributed by atoms with Crippen molar-refractivity contribution < 1.29 is 9.53 Å². The van der Waals surface area contributed by atoms with Gasteiger partial charge in [-0.05, 0) is 35.9 Å². The lowest BCUT2D eigenvalue weighted by Gasteiger charge is -2.22. The van der Waals surface area contributed by atoms with Gasteiger partial charge in [0.05, 0.1) is 35.4 Å². The van der Waals surface area contributed by atoms with Gasteiger partial charge in [-0.1, -0.05) is 35.3 Å². The van der Waals surface area contributed by atoms with Crippen molar-refractivity contribution >= 4 is 29.1 Å². The molecular formula is C21H20Cl2N4O3. The molecule has 156 valence electrons. The monoisotopic (exact) mass is 446 g/mol. The molecule has 1 aromatic carbocycles. The highest BCUT2D eigenvalue weighted by atomic mass is 35.5. The van der Waals surface area contributed by atoms with Crippen molar-refractivity contribution in [1.82, 2.24) is 19.7 Å². The van der Waals surface area contributed by atoms with Crippen LogP contribution in [0, 0.1) is 0 Å². The first-order valence-electron chi connectivity index (χ1n) is 9.18. The minimum absolute atomic E-state index is 0.154. The van der Waals surface area contributed by atoms with Crippen LogP contribution < -0.4 is 5.56 Å². The summed E-state index contributed by atoms with van der Waals surface area (Å²) in [6, 6.07) is 13.5. The Bertz CT molecular complexity index is 1070. The van der Waals surface area contributed by atoms with E-state index in [0.29, 0.717) is 16.7 Å². The number of nitrogens with zero attached hydrogens (tertiary/aromatic N) is 4. The topological polar surface area (TPSA) is 77.3 Å². The van der Waals surface area contributed by atoms with Gasteiger partial charge in [-0.25, -0.2) is 4.68 Å². The molecule has 0 fully saturated rings. The lowest BCUT2D eigenvalue weighted by molar-refractivity contribution is 0.0718. The van der Waals surface area contributed by atoms with Crippen LogP contribution in [0.2, 0.25) is 10.0 Å². The Hall–Kier alpha value is -2.74. The van der Waals surface area contributed by atoms with Crippen LogP contribution in [-0.2, 0) is 24.4 Å². The molecule has 3 rings (SSSR count). The van der Waals surface area contributed by atoms with Gasteiger partial charge >= 0.3 is 0 Å². The average Bonchev–Trinajstić information content (AvgIpc) is 2.75. The van der Waals surface area contributed by atoms with E-state index in [0.717, 1.165) is 11.3 Å². The lowest BCUT2D eigenvalue weighted by Crippen LogP contribution is -2.34. The Morgan fingerprint density at radius 2 is 1.93 bits per heavy atom. The molecule has 2 heterocycles. The van der Waals surface area contributed by atoms with Gasteiger partial charge in [-0.2, -0.15) is 5.10 Å². The SMILES string of the molecule is COCCn1nc(C(=O)N(Cc2ccc(Cl)c(Cl)c2)Cc2ccccn2)ccc1=O. The van der Waals surface area contributed by atoms with E-state index in [1.54, 1.807) is 29.3 Å². The number of rotatable bonds is 8. The maximum absolute atomic E-state index is 13.3. The Labute approximate surface area is 183 Å². The third kappa shape index (κ3) is 5.66. The Morgan fingerprint density at radius 1 is 1.10 bits per heavy atom. The highest BCUT2D eigenvalue weighted by Gasteiger charge is 2.20. The molecule has 7 nitrogen and oxygen atoms in total. The average molecular weight is 447 g/mol. The van der Waals surface area contributed by atoms with Crippen molar-refractivity contribution in [3.8, 4) is 0 Å². The van der Waals surface area contributed by atoms with E-state index in [9.17, 15) is 9.59 Å². The Balaban J connectivity index is 1.91. The van der Waals surface area contributed by atoms with E-state index < -0.39 is 0 Å². The molecule has 0 unspecified atom stereocenters. The van der Waals surface area contributed by atoms with E-state index >= 15 is 0 Å². The second-order valence-electron chi connectivity index (χ2n) is 6.50. The normalized spacial score (nSPS) is 10.8. The quantitative estimate of drug-likeness (QED) is 0.529. The molecule has 2 aromatic heterocycles. The van der Waals surface area contributed by atoms with Gasteiger partial charge in [0.1, 0.15) is 5.69 Å². The minimum Gasteiger partial charge on any atom is -0.383 e. The zero-order valence-electron chi connectivity index (χ0n) is 16.3. The molecule has 3 aromatic rings. The Kier molecular flexibility index (Phi) is 7.57. The molecule has 30 heavy (non-hydrogen) atoms. The fraction of sp³-hybridized carbons (Fsp3) is 0.238. The largest absolute Gasteiger partial charge is 0.383 e. The summed E-state index contributed by atoms with van der Waals surface area (Å²) in [5.41, 5.74) is 1.38. The van der Waals surface area contributed by atoms with Crippen LogP contribution in [0.1, 0.15) is 21.7 Å². The summed E-state index contributed by atoms with van der Waals surface area (Å²) in [5.74, 6) is -0.335. The van der Waals surface area contributed by atoms with Crippen molar-refractivity contribution in [1.29, 1.82) is 0 Å². The number of benzene rings is 1.